The molecule has 0 saturated carbocycles. The van der Waals surface area contributed by atoms with Crippen molar-refractivity contribution in [2.45, 2.75) is 26.8 Å². The van der Waals surface area contributed by atoms with Crippen LogP contribution in [0, 0.1) is 12.8 Å². The highest BCUT2D eigenvalue weighted by atomic mass is 16.2. The lowest BCUT2D eigenvalue weighted by atomic mass is 10.0. The number of hydrogen-bond donors (Lipinski definition) is 2. The predicted octanol–water partition coefficient (Wildman–Crippen LogP) is 1.70. The lowest BCUT2D eigenvalue weighted by Gasteiger charge is -2.19. The first-order chi connectivity index (χ1) is 8.04. The summed E-state index contributed by atoms with van der Waals surface area (Å²) in [6, 6.07) is 7.02. The highest BCUT2D eigenvalue weighted by Gasteiger charge is 2.21. The highest BCUT2D eigenvalue weighted by Crippen LogP contribution is 2.10. The zero-order chi connectivity index (χ0) is 12.8. The molecule has 0 aliphatic heterocycles. The van der Waals surface area contributed by atoms with Crippen LogP contribution in [0.2, 0.25) is 0 Å². The molecule has 1 atom stereocenters. The van der Waals surface area contributed by atoms with E-state index in [-0.39, 0.29) is 11.8 Å². The topological polar surface area (TPSA) is 58.2 Å². The van der Waals surface area contributed by atoms with Crippen molar-refractivity contribution in [3.8, 4) is 0 Å². The summed E-state index contributed by atoms with van der Waals surface area (Å²) in [5.41, 5.74) is 1.87. The molecule has 0 saturated heterocycles. The molecule has 0 aromatic heterocycles. The Kier molecular flexibility index (Phi) is 4.69. The molecule has 0 radical (unpaired) electrons. The monoisotopic (exact) mass is 234 g/mol. The summed E-state index contributed by atoms with van der Waals surface area (Å²) in [5, 5.41) is 5.30. The second-order valence-electron chi connectivity index (χ2n) is 4.36. The van der Waals surface area contributed by atoms with Crippen molar-refractivity contribution >= 4 is 18.0 Å². The molecule has 2 N–H and O–H groups in total. The van der Waals surface area contributed by atoms with E-state index in [0.717, 1.165) is 11.3 Å². The first-order valence-electron chi connectivity index (χ1n) is 5.62. The number of nitrogens with one attached hydrogen (secondary N) is 2. The number of amides is 2. The Morgan fingerprint density at radius 3 is 2.29 bits per heavy atom. The number of benzene rings is 1. The Hall–Kier alpha value is -1.84. The standard InChI is InChI=1S/C13H18N2O2/c1-9(2)12(14-8-16)13(17)15-11-6-4-10(3)5-7-11/h4-9,12H,1-3H3,(H,14,16)(H,15,17). The summed E-state index contributed by atoms with van der Waals surface area (Å²) in [6.07, 6.45) is 0.555. The minimum absolute atomic E-state index is 0.0469. The Morgan fingerprint density at radius 1 is 1.24 bits per heavy atom. The predicted molar refractivity (Wildman–Crippen MR) is 67.6 cm³/mol. The molecule has 0 heterocycles. The van der Waals surface area contributed by atoms with Crippen molar-refractivity contribution in [2.24, 2.45) is 5.92 Å². The molecule has 17 heavy (non-hydrogen) atoms. The summed E-state index contributed by atoms with van der Waals surface area (Å²) in [6.45, 7) is 5.75. The van der Waals surface area contributed by atoms with Crippen LogP contribution in [0.3, 0.4) is 0 Å². The SMILES string of the molecule is Cc1ccc(NC(=O)C(NC=O)C(C)C)cc1. The molecule has 0 spiro atoms. The molecule has 92 valence electrons. The third kappa shape index (κ3) is 3.90. The molecule has 1 rings (SSSR count). The zero-order valence-electron chi connectivity index (χ0n) is 10.4. The third-order valence-electron chi connectivity index (χ3n) is 2.52. The summed E-state index contributed by atoms with van der Waals surface area (Å²) >= 11 is 0. The van der Waals surface area contributed by atoms with Crippen LogP contribution in [0.25, 0.3) is 0 Å². The molecule has 4 nitrogen and oxygen atoms in total. The number of rotatable bonds is 5. The van der Waals surface area contributed by atoms with Crippen LogP contribution < -0.4 is 10.6 Å². The molecule has 1 unspecified atom stereocenters. The number of anilines is 1. The van der Waals surface area contributed by atoms with Crippen LogP contribution in [0.4, 0.5) is 5.69 Å². The number of hydrogen-bond acceptors (Lipinski definition) is 2. The van der Waals surface area contributed by atoms with E-state index in [9.17, 15) is 9.59 Å². The molecule has 0 aliphatic carbocycles. The van der Waals surface area contributed by atoms with E-state index < -0.39 is 6.04 Å². The maximum atomic E-state index is 11.9. The fraction of sp³-hybridized carbons (Fsp3) is 0.385. The molecule has 1 aromatic rings. The van der Waals surface area contributed by atoms with Gasteiger partial charge in [-0.3, -0.25) is 9.59 Å². The summed E-state index contributed by atoms with van der Waals surface area (Å²) < 4.78 is 0. The van der Waals surface area contributed by atoms with Crippen LogP contribution in [0.5, 0.6) is 0 Å². The smallest absolute Gasteiger partial charge is 0.247 e. The Bertz CT molecular complexity index is 385. The second kappa shape index (κ2) is 6.03. The van der Waals surface area contributed by atoms with E-state index in [0.29, 0.717) is 6.41 Å². The van der Waals surface area contributed by atoms with Gasteiger partial charge < -0.3 is 10.6 Å². The van der Waals surface area contributed by atoms with E-state index in [1.165, 1.54) is 0 Å². The molecule has 0 bridgehead atoms. The van der Waals surface area contributed by atoms with Gasteiger partial charge in [0.2, 0.25) is 12.3 Å². The van der Waals surface area contributed by atoms with Crippen molar-refractivity contribution in [1.29, 1.82) is 0 Å². The van der Waals surface area contributed by atoms with Crippen LogP contribution in [0.15, 0.2) is 24.3 Å². The van der Waals surface area contributed by atoms with Crippen LogP contribution >= 0.6 is 0 Å². The van der Waals surface area contributed by atoms with Crippen molar-refractivity contribution in [1.82, 2.24) is 5.32 Å². The van der Waals surface area contributed by atoms with Gasteiger partial charge in [0.1, 0.15) is 6.04 Å². The average molecular weight is 234 g/mol. The van der Waals surface area contributed by atoms with Crippen molar-refractivity contribution in [2.75, 3.05) is 5.32 Å². The molecular formula is C13H18N2O2. The molecule has 0 aliphatic rings. The quantitative estimate of drug-likeness (QED) is 0.762. The van der Waals surface area contributed by atoms with E-state index in [1.807, 2.05) is 45.0 Å². The number of aryl methyl sites for hydroxylation is 1. The number of carbonyl (C=O) groups excluding carboxylic acids is 2. The van der Waals surface area contributed by atoms with Gasteiger partial charge in [-0.1, -0.05) is 31.5 Å². The van der Waals surface area contributed by atoms with Crippen LogP contribution in [-0.4, -0.2) is 18.4 Å². The summed E-state index contributed by atoms with van der Waals surface area (Å²) in [7, 11) is 0. The summed E-state index contributed by atoms with van der Waals surface area (Å²) in [5.74, 6) is -0.151. The van der Waals surface area contributed by atoms with Crippen molar-refractivity contribution < 1.29 is 9.59 Å². The molecule has 1 aromatic carbocycles. The van der Waals surface area contributed by atoms with Crippen molar-refractivity contribution in [3.05, 3.63) is 29.8 Å². The maximum Gasteiger partial charge on any atom is 0.247 e. The maximum absolute atomic E-state index is 11.9. The molecule has 0 fully saturated rings. The van der Waals surface area contributed by atoms with E-state index in [4.69, 9.17) is 0 Å². The van der Waals surface area contributed by atoms with Crippen LogP contribution in [-0.2, 0) is 9.59 Å². The van der Waals surface area contributed by atoms with E-state index in [2.05, 4.69) is 10.6 Å². The minimum Gasteiger partial charge on any atom is -0.347 e. The Balaban J connectivity index is 2.69. The molecule has 2 amide bonds. The first-order valence-corrected chi connectivity index (χ1v) is 5.62. The normalized spacial score (nSPS) is 12.0. The third-order valence-corrected chi connectivity index (χ3v) is 2.52. The van der Waals surface area contributed by atoms with Gasteiger partial charge >= 0.3 is 0 Å². The highest BCUT2D eigenvalue weighted by molar-refractivity contribution is 5.95. The molecular weight excluding hydrogens is 216 g/mol. The fourth-order valence-corrected chi connectivity index (χ4v) is 1.50. The van der Waals surface area contributed by atoms with Gasteiger partial charge in [-0.15, -0.1) is 0 Å². The summed E-state index contributed by atoms with van der Waals surface area (Å²) in [4.78, 5) is 22.3. The van der Waals surface area contributed by atoms with Gasteiger partial charge in [0, 0.05) is 5.69 Å². The average Bonchev–Trinajstić information content (AvgIpc) is 2.28. The lowest BCUT2D eigenvalue weighted by Crippen LogP contribution is -2.43. The largest absolute Gasteiger partial charge is 0.347 e. The molecule has 4 heteroatoms. The first kappa shape index (κ1) is 13.2. The van der Waals surface area contributed by atoms with Gasteiger partial charge in [0.05, 0.1) is 0 Å². The van der Waals surface area contributed by atoms with Gasteiger partial charge in [-0.2, -0.15) is 0 Å². The van der Waals surface area contributed by atoms with Gasteiger partial charge in [-0.05, 0) is 25.0 Å². The van der Waals surface area contributed by atoms with Gasteiger partial charge in [0.15, 0.2) is 0 Å². The fourth-order valence-electron chi connectivity index (χ4n) is 1.50. The zero-order valence-corrected chi connectivity index (χ0v) is 10.4. The van der Waals surface area contributed by atoms with E-state index >= 15 is 0 Å². The Labute approximate surface area is 101 Å². The second-order valence-corrected chi connectivity index (χ2v) is 4.36. The van der Waals surface area contributed by atoms with E-state index in [1.54, 1.807) is 0 Å². The minimum atomic E-state index is -0.506. The van der Waals surface area contributed by atoms with Crippen molar-refractivity contribution in [3.63, 3.8) is 0 Å². The van der Waals surface area contributed by atoms with Crippen LogP contribution in [0.1, 0.15) is 19.4 Å². The number of carbonyl (C=O) groups is 2. The van der Waals surface area contributed by atoms with Gasteiger partial charge in [0.25, 0.3) is 0 Å². The lowest BCUT2D eigenvalue weighted by molar-refractivity contribution is -0.122. The van der Waals surface area contributed by atoms with Gasteiger partial charge in [-0.25, -0.2) is 0 Å². The Morgan fingerprint density at radius 2 is 1.82 bits per heavy atom.